The van der Waals surface area contributed by atoms with Crippen molar-refractivity contribution in [1.29, 1.82) is 0 Å². The molecule has 0 spiro atoms. The lowest BCUT2D eigenvalue weighted by Gasteiger charge is -2.32. The average Bonchev–Trinajstić information content (AvgIpc) is 3.18. The minimum atomic E-state index is -0.694. The second-order valence-electron chi connectivity index (χ2n) is 5.31. The van der Waals surface area contributed by atoms with Gasteiger partial charge in [-0.25, -0.2) is 0 Å². The Bertz CT molecular complexity index is 443. The summed E-state index contributed by atoms with van der Waals surface area (Å²) in [7, 11) is 0. The Hall–Kier alpha value is -0.900. The third-order valence-electron chi connectivity index (χ3n) is 4.27. The molecule has 4 aliphatic heterocycles. The van der Waals surface area contributed by atoms with Crippen molar-refractivity contribution in [3.63, 3.8) is 0 Å². The maximum Gasteiger partial charge on any atom is 0.191 e. The van der Waals surface area contributed by atoms with Crippen molar-refractivity contribution in [3.05, 3.63) is 12.2 Å². The predicted molar refractivity (Wildman–Crippen MR) is 64.0 cm³/mol. The van der Waals surface area contributed by atoms with Crippen LogP contribution in [0.3, 0.4) is 0 Å². The van der Waals surface area contributed by atoms with E-state index < -0.39 is 17.5 Å². The van der Waals surface area contributed by atoms with Crippen molar-refractivity contribution in [2.75, 3.05) is 26.4 Å². The highest BCUT2D eigenvalue weighted by atomic mass is 16.8. The molecule has 0 aliphatic carbocycles. The number of hydrogen-bond donors (Lipinski definition) is 0. The minimum absolute atomic E-state index is 0.0894. The van der Waals surface area contributed by atoms with Gasteiger partial charge in [-0.2, -0.15) is 0 Å². The van der Waals surface area contributed by atoms with E-state index in [1.165, 1.54) is 0 Å². The maximum absolute atomic E-state index is 6.27. The highest BCUT2D eigenvalue weighted by Gasteiger charge is 2.66. The molecule has 0 aromatic rings. The molecule has 4 aliphatic rings. The van der Waals surface area contributed by atoms with Crippen LogP contribution in [0.4, 0.5) is 0 Å². The van der Waals surface area contributed by atoms with Crippen LogP contribution >= 0.6 is 0 Å². The van der Waals surface area contributed by atoms with Gasteiger partial charge in [0.25, 0.3) is 0 Å². The molecule has 0 saturated carbocycles. The topological polar surface area (TPSA) is 46.2 Å². The van der Waals surface area contributed by atoms with E-state index in [0.29, 0.717) is 32.8 Å². The molecule has 2 bridgehead atoms. The Labute approximate surface area is 111 Å². The highest BCUT2D eigenvalue weighted by Crippen LogP contribution is 2.54. The number of rotatable bonds is 2. The molecule has 0 radical (unpaired) electrons. The second kappa shape index (κ2) is 4.05. The van der Waals surface area contributed by atoms with Crippen LogP contribution in [-0.4, -0.2) is 50.2 Å². The van der Waals surface area contributed by atoms with Crippen molar-refractivity contribution >= 4 is 0 Å². The minimum Gasteiger partial charge on any atom is -0.348 e. The second-order valence-corrected chi connectivity index (χ2v) is 5.31. The fraction of sp³-hybridized carbons (Fsp3) is 0.714. The quantitative estimate of drug-likeness (QED) is 0.535. The van der Waals surface area contributed by atoms with Gasteiger partial charge in [-0.05, 0) is 12.2 Å². The van der Waals surface area contributed by atoms with E-state index in [9.17, 15) is 0 Å². The van der Waals surface area contributed by atoms with E-state index in [0.717, 1.165) is 0 Å². The van der Waals surface area contributed by atoms with Crippen LogP contribution in [0.25, 0.3) is 0 Å². The average molecular weight is 264 g/mol. The summed E-state index contributed by atoms with van der Waals surface area (Å²) < 4.78 is 28.7. The lowest BCUT2D eigenvalue weighted by atomic mass is 9.78. The zero-order valence-electron chi connectivity index (χ0n) is 10.5. The number of fused-ring (bicyclic) bond motifs is 2. The summed E-state index contributed by atoms with van der Waals surface area (Å²) in [6.45, 7) is 2.33. The molecule has 3 unspecified atom stereocenters. The van der Waals surface area contributed by atoms with Gasteiger partial charge < -0.3 is 23.7 Å². The van der Waals surface area contributed by atoms with E-state index in [1.807, 2.05) is 12.2 Å². The Morgan fingerprint density at radius 1 is 0.947 bits per heavy atom. The number of terminal acetylenes is 1. The Morgan fingerprint density at radius 3 is 2.21 bits per heavy atom. The summed E-state index contributed by atoms with van der Waals surface area (Å²) in [6, 6.07) is 0. The standard InChI is InChI=1S/C14H16O5/c1-2-10-9-13(11-15-5-6-16-11)3-4-14(10,19-13)12-17-7-8-18-12/h1,3-4,10-12H,5-9H2. The fourth-order valence-electron chi connectivity index (χ4n) is 3.41. The van der Waals surface area contributed by atoms with Gasteiger partial charge in [0.15, 0.2) is 18.2 Å². The van der Waals surface area contributed by atoms with Crippen molar-refractivity contribution in [3.8, 4) is 12.3 Å². The molecule has 102 valence electrons. The summed E-state index contributed by atoms with van der Waals surface area (Å²) >= 11 is 0. The first kappa shape index (κ1) is 11.9. The molecule has 0 aromatic heterocycles. The molecule has 0 amide bonds. The van der Waals surface area contributed by atoms with E-state index in [1.54, 1.807) is 0 Å². The van der Waals surface area contributed by atoms with Crippen LogP contribution in [0.15, 0.2) is 12.2 Å². The number of hydrogen-bond acceptors (Lipinski definition) is 5. The van der Waals surface area contributed by atoms with Crippen LogP contribution in [-0.2, 0) is 23.7 Å². The third-order valence-corrected chi connectivity index (χ3v) is 4.27. The summed E-state index contributed by atoms with van der Waals surface area (Å²) in [5.74, 6) is 2.72. The molecule has 5 nitrogen and oxygen atoms in total. The first-order valence-corrected chi connectivity index (χ1v) is 6.62. The molecule has 3 saturated heterocycles. The van der Waals surface area contributed by atoms with Crippen molar-refractivity contribution in [1.82, 2.24) is 0 Å². The lowest BCUT2D eigenvalue weighted by Crippen LogP contribution is -2.45. The van der Waals surface area contributed by atoms with Crippen LogP contribution in [0, 0.1) is 18.3 Å². The largest absolute Gasteiger partial charge is 0.348 e. The van der Waals surface area contributed by atoms with E-state index in [-0.39, 0.29) is 12.2 Å². The Kier molecular flexibility index (Phi) is 2.53. The van der Waals surface area contributed by atoms with Crippen molar-refractivity contribution in [2.24, 2.45) is 5.92 Å². The molecule has 4 heterocycles. The van der Waals surface area contributed by atoms with Crippen molar-refractivity contribution < 1.29 is 23.7 Å². The molecular formula is C14H16O5. The van der Waals surface area contributed by atoms with E-state index >= 15 is 0 Å². The van der Waals surface area contributed by atoms with Gasteiger partial charge in [0, 0.05) is 6.42 Å². The molecule has 19 heavy (non-hydrogen) atoms. The van der Waals surface area contributed by atoms with Gasteiger partial charge in [0.1, 0.15) is 5.60 Å². The molecule has 0 N–H and O–H groups in total. The summed E-state index contributed by atoms with van der Waals surface area (Å²) in [5.41, 5.74) is -1.29. The molecular weight excluding hydrogens is 248 g/mol. The van der Waals surface area contributed by atoms with E-state index in [2.05, 4.69) is 5.92 Å². The van der Waals surface area contributed by atoms with Gasteiger partial charge in [-0.1, -0.05) is 5.92 Å². The summed E-state index contributed by atoms with van der Waals surface area (Å²) in [5, 5.41) is 0. The first-order valence-electron chi connectivity index (χ1n) is 6.62. The van der Waals surface area contributed by atoms with Gasteiger partial charge in [0.2, 0.25) is 0 Å². The van der Waals surface area contributed by atoms with Gasteiger partial charge >= 0.3 is 0 Å². The predicted octanol–water partition coefficient (Wildman–Crippen LogP) is 0.449. The molecule has 5 heteroatoms. The van der Waals surface area contributed by atoms with Crippen LogP contribution < -0.4 is 0 Å². The lowest BCUT2D eigenvalue weighted by molar-refractivity contribution is -0.227. The van der Waals surface area contributed by atoms with Gasteiger partial charge in [-0.15, -0.1) is 6.42 Å². The van der Waals surface area contributed by atoms with Gasteiger partial charge in [-0.3, -0.25) is 0 Å². The summed E-state index contributed by atoms with van der Waals surface area (Å²) in [4.78, 5) is 0. The van der Waals surface area contributed by atoms with Gasteiger partial charge in [0.05, 0.1) is 32.3 Å². The zero-order valence-corrected chi connectivity index (χ0v) is 10.5. The zero-order chi connectivity index (χ0) is 12.9. The monoisotopic (exact) mass is 264 g/mol. The smallest absolute Gasteiger partial charge is 0.191 e. The SMILES string of the molecule is C#CC1CC2(C3OCCO3)C=CC1(C1OCCO1)O2. The molecule has 3 atom stereocenters. The fourth-order valence-corrected chi connectivity index (χ4v) is 3.41. The first-order chi connectivity index (χ1) is 9.29. The molecule has 3 fully saturated rings. The molecule has 0 aromatic carbocycles. The number of ether oxygens (including phenoxy) is 5. The molecule has 4 rings (SSSR count). The van der Waals surface area contributed by atoms with Crippen LogP contribution in [0.5, 0.6) is 0 Å². The Morgan fingerprint density at radius 2 is 1.58 bits per heavy atom. The summed E-state index contributed by atoms with van der Waals surface area (Å²) in [6.07, 6.45) is 9.51. The maximum atomic E-state index is 6.27. The normalized spacial score (nSPS) is 46.2. The highest BCUT2D eigenvalue weighted by molar-refractivity contribution is 5.33. The van der Waals surface area contributed by atoms with Crippen molar-refractivity contribution in [2.45, 2.75) is 30.2 Å². The Balaban J connectivity index is 1.67. The van der Waals surface area contributed by atoms with Crippen LogP contribution in [0.1, 0.15) is 6.42 Å². The van der Waals surface area contributed by atoms with Crippen LogP contribution in [0.2, 0.25) is 0 Å². The van der Waals surface area contributed by atoms with E-state index in [4.69, 9.17) is 30.1 Å². The third kappa shape index (κ3) is 1.49.